The minimum absolute atomic E-state index is 0.135. The summed E-state index contributed by atoms with van der Waals surface area (Å²) in [6, 6.07) is 7.34. The first kappa shape index (κ1) is 13.9. The molecule has 1 heterocycles. The zero-order valence-electron chi connectivity index (χ0n) is 11.6. The Morgan fingerprint density at radius 1 is 1.30 bits per heavy atom. The van der Waals surface area contributed by atoms with Crippen LogP contribution in [0, 0.1) is 6.92 Å². The van der Waals surface area contributed by atoms with Crippen LogP contribution >= 0.6 is 0 Å². The quantitative estimate of drug-likeness (QED) is 0.901. The number of methoxy groups -OCH3 is 2. The molecule has 0 bridgehead atoms. The van der Waals surface area contributed by atoms with Gasteiger partial charge in [-0.25, -0.2) is 0 Å². The Bertz CT molecular complexity index is 634. The van der Waals surface area contributed by atoms with E-state index in [9.17, 15) is 4.79 Å². The molecule has 0 saturated heterocycles. The van der Waals surface area contributed by atoms with Crippen LogP contribution in [0.2, 0.25) is 0 Å². The fourth-order valence-electron chi connectivity index (χ4n) is 2.07. The minimum Gasteiger partial charge on any atom is -0.494 e. The molecule has 0 aliphatic carbocycles. The minimum atomic E-state index is -0.925. The molecule has 1 N–H and O–H groups in total. The van der Waals surface area contributed by atoms with Crippen molar-refractivity contribution in [3.8, 4) is 17.3 Å². The van der Waals surface area contributed by atoms with Crippen LogP contribution in [0.3, 0.4) is 0 Å². The zero-order chi connectivity index (χ0) is 14.7. The largest absolute Gasteiger partial charge is 0.494 e. The molecule has 106 valence electrons. The number of aryl methyl sites for hydroxylation is 1. The van der Waals surface area contributed by atoms with Crippen molar-refractivity contribution < 1.29 is 19.4 Å². The van der Waals surface area contributed by atoms with Gasteiger partial charge in [0.1, 0.15) is 11.4 Å². The Hall–Kier alpha value is -2.50. The molecule has 2 aromatic rings. The highest BCUT2D eigenvalue weighted by atomic mass is 16.5. The number of ether oxygens (including phenoxy) is 2. The number of hydrogen-bond donors (Lipinski definition) is 1. The summed E-state index contributed by atoms with van der Waals surface area (Å²) in [5, 5.41) is 13.3. The van der Waals surface area contributed by atoms with Gasteiger partial charge in [0, 0.05) is 5.56 Å². The molecular weight excluding hydrogens is 260 g/mol. The van der Waals surface area contributed by atoms with E-state index in [2.05, 4.69) is 5.10 Å². The van der Waals surface area contributed by atoms with Crippen molar-refractivity contribution >= 4 is 5.97 Å². The highest BCUT2D eigenvalue weighted by molar-refractivity contribution is 5.71. The normalized spacial score (nSPS) is 10.3. The third-order valence-corrected chi connectivity index (χ3v) is 2.97. The van der Waals surface area contributed by atoms with Crippen molar-refractivity contribution in [3.05, 3.63) is 35.5 Å². The van der Waals surface area contributed by atoms with Gasteiger partial charge in [0.15, 0.2) is 0 Å². The fraction of sp³-hybridized carbons (Fsp3) is 0.286. The molecule has 0 radical (unpaired) electrons. The first-order valence-corrected chi connectivity index (χ1v) is 6.06. The van der Waals surface area contributed by atoms with E-state index >= 15 is 0 Å². The summed E-state index contributed by atoms with van der Waals surface area (Å²) >= 11 is 0. The molecule has 0 atom stereocenters. The van der Waals surface area contributed by atoms with Crippen molar-refractivity contribution in [2.45, 2.75) is 13.3 Å². The van der Waals surface area contributed by atoms with Crippen LogP contribution in [0.25, 0.3) is 5.69 Å². The molecule has 0 fully saturated rings. The van der Waals surface area contributed by atoms with Gasteiger partial charge in [0.25, 0.3) is 0 Å². The number of hydrogen-bond acceptors (Lipinski definition) is 4. The van der Waals surface area contributed by atoms with E-state index in [4.69, 9.17) is 14.6 Å². The molecule has 0 aliphatic rings. The van der Waals surface area contributed by atoms with Gasteiger partial charge in [-0.05, 0) is 19.1 Å². The summed E-state index contributed by atoms with van der Waals surface area (Å²) < 4.78 is 12.2. The van der Waals surface area contributed by atoms with Gasteiger partial charge in [-0.15, -0.1) is 0 Å². The summed E-state index contributed by atoms with van der Waals surface area (Å²) in [7, 11) is 3.06. The molecule has 2 rings (SSSR count). The van der Waals surface area contributed by atoms with Crippen LogP contribution < -0.4 is 9.47 Å². The van der Waals surface area contributed by atoms with E-state index in [0.717, 1.165) is 0 Å². The standard InChI is InChI=1S/C14H16N2O4/c1-9-10(8-13(17)18)14(20-3)16(15-9)11-6-4-5-7-12(11)19-2/h4-7H,8H2,1-3H3,(H,17,18). The molecule has 0 saturated carbocycles. The van der Waals surface area contributed by atoms with Gasteiger partial charge in [0.05, 0.1) is 26.3 Å². The van der Waals surface area contributed by atoms with E-state index in [0.29, 0.717) is 28.6 Å². The average Bonchev–Trinajstić information content (AvgIpc) is 2.74. The molecule has 0 spiro atoms. The lowest BCUT2D eigenvalue weighted by Crippen LogP contribution is -2.05. The number of aliphatic carboxylic acids is 1. The van der Waals surface area contributed by atoms with Crippen molar-refractivity contribution in [2.75, 3.05) is 14.2 Å². The smallest absolute Gasteiger partial charge is 0.308 e. The third-order valence-electron chi connectivity index (χ3n) is 2.97. The number of rotatable bonds is 5. The lowest BCUT2D eigenvalue weighted by Gasteiger charge is -2.11. The van der Waals surface area contributed by atoms with Gasteiger partial charge in [-0.1, -0.05) is 12.1 Å². The Balaban J connectivity index is 2.60. The van der Waals surface area contributed by atoms with E-state index in [1.54, 1.807) is 18.7 Å². The molecule has 1 aromatic heterocycles. The maximum atomic E-state index is 10.9. The number of carboxylic acids is 1. The second kappa shape index (κ2) is 5.64. The van der Waals surface area contributed by atoms with E-state index < -0.39 is 5.97 Å². The topological polar surface area (TPSA) is 73.6 Å². The van der Waals surface area contributed by atoms with Crippen molar-refractivity contribution in [1.29, 1.82) is 0 Å². The molecule has 1 aromatic carbocycles. The third kappa shape index (κ3) is 2.45. The number of aromatic nitrogens is 2. The maximum absolute atomic E-state index is 10.9. The zero-order valence-corrected chi connectivity index (χ0v) is 11.6. The Labute approximate surface area is 116 Å². The first-order chi connectivity index (χ1) is 9.58. The summed E-state index contributed by atoms with van der Waals surface area (Å²) in [4.78, 5) is 10.9. The molecule has 20 heavy (non-hydrogen) atoms. The highest BCUT2D eigenvalue weighted by Crippen LogP contribution is 2.30. The van der Waals surface area contributed by atoms with Crippen LogP contribution in [0.4, 0.5) is 0 Å². The van der Waals surface area contributed by atoms with Crippen LogP contribution in [0.15, 0.2) is 24.3 Å². The maximum Gasteiger partial charge on any atom is 0.308 e. The van der Waals surface area contributed by atoms with Crippen molar-refractivity contribution in [2.24, 2.45) is 0 Å². The van der Waals surface area contributed by atoms with Gasteiger partial charge < -0.3 is 14.6 Å². The summed E-state index contributed by atoms with van der Waals surface area (Å²) in [5.74, 6) is 0.121. The van der Waals surface area contributed by atoms with Crippen molar-refractivity contribution in [1.82, 2.24) is 9.78 Å². The molecule has 0 unspecified atom stereocenters. The van der Waals surface area contributed by atoms with Gasteiger partial charge in [0.2, 0.25) is 5.88 Å². The lowest BCUT2D eigenvalue weighted by atomic mass is 10.2. The second-order valence-corrected chi connectivity index (χ2v) is 4.23. The predicted octanol–water partition coefficient (Wildman–Crippen LogP) is 1.83. The van der Waals surface area contributed by atoms with Crippen molar-refractivity contribution in [3.63, 3.8) is 0 Å². The first-order valence-electron chi connectivity index (χ1n) is 6.06. The second-order valence-electron chi connectivity index (χ2n) is 4.23. The Morgan fingerprint density at radius 3 is 2.60 bits per heavy atom. The highest BCUT2D eigenvalue weighted by Gasteiger charge is 2.20. The number of nitrogens with zero attached hydrogens (tertiary/aromatic N) is 2. The fourth-order valence-corrected chi connectivity index (χ4v) is 2.07. The number of carbonyl (C=O) groups is 1. The summed E-state index contributed by atoms with van der Waals surface area (Å²) in [6.45, 7) is 1.76. The molecule has 6 nitrogen and oxygen atoms in total. The van der Waals surface area contributed by atoms with Crippen LogP contribution in [-0.2, 0) is 11.2 Å². The summed E-state index contributed by atoms with van der Waals surface area (Å²) in [6.07, 6.45) is -0.135. The van der Waals surface area contributed by atoms with Crippen LogP contribution in [0.5, 0.6) is 11.6 Å². The molecular formula is C14H16N2O4. The average molecular weight is 276 g/mol. The number of carboxylic acid groups (broad SMARTS) is 1. The molecule has 0 amide bonds. The number of para-hydroxylation sites is 2. The van der Waals surface area contributed by atoms with Gasteiger partial charge in [-0.2, -0.15) is 9.78 Å². The SMILES string of the molecule is COc1ccccc1-n1nc(C)c(CC(=O)O)c1OC. The lowest BCUT2D eigenvalue weighted by molar-refractivity contribution is -0.136. The Morgan fingerprint density at radius 2 is 2.00 bits per heavy atom. The van der Waals surface area contributed by atoms with Gasteiger partial charge in [-0.3, -0.25) is 4.79 Å². The molecule has 0 aliphatic heterocycles. The number of benzene rings is 1. The predicted molar refractivity (Wildman–Crippen MR) is 72.7 cm³/mol. The van der Waals surface area contributed by atoms with Crippen LogP contribution in [-0.4, -0.2) is 35.1 Å². The molecule has 6 heteroatoms. The van der Waals surface area contributed by atoms with Crippen LogP contribution in [0.1, 0.15) is 11.3 Å². The van der Waals surface area contributed by atoms with E-state index in [1.165, 1.54) is 7.11 Å². The van der Waals surface area contributed by atoms with E-state index in [1.807, 2.05) is 24.3 Å². The monoisotopic (exact) mass is 276 g/mol. The van der Waals surface area contributed by atoms with Gasteiger partial charge >= 0.3 is 5.97 Å². The van der Waals surface area contributed by atoms with E-state index in [-0.39, 0.29) is 6.42 Å². The Kier molecular flexibility index (Phi) is 3.93. The summed E-state index contributed by atoms with van der Waals surface area (Å²) in [5.41, 5.74) is 1.88.